The molecule has 0 saturated heterocycles. The van der Waals surface area contributed by atoms with E-state index in [2.05, 4.69) is 32.9 Å². The van der Waals surface area contributed by atoms with Gasteiger partial charge in [0, 0.05) is 7.11 Å². The Kier molecular flexibility index (Phi) is 9.14. The highest BCUT2D eigenvalue weighted by Crippen LogP contribution is 2.27. The zero-order valence-electron chi connectivity index (χ0n) is 13.4. The van der Waals surface area contributed by atoms with Gasteiger partial charge in [-0.2, -0.15) is 0 Å². The molecule has 0 aromatic heterocycles. The minimum atomic E-state index is 0.883. The van der Waals surface area contributed by atoms with Crippen molar-refractivity contribution in [3.63, 3.8) is 0 Å². The quantitative estimate of drug-likeness (QED) is 0.831. The molecule has 0 aliphatic carbocycles. The van der Waals surface area contributed by atoms with Crippen LogP contribution in [0, 0.1) is 20.8 Å². The fourth-order valence-corrected chi connectivity index (χ4v) is 1.66. The smallest absolute Gasteiger partial charge is 0.130 e. The lowest BCUT2D eigenvalue weighted by Gasteiger charge is -2.11. The second-order valence-electron chi connectivity index (χ2n) is 4.12. The standard InChI is InChI=1S/C15H16O.C2H6.CH4O/c1-11-9-13(3)15(10-12(11)2)16-14-7-5-4-6-8-14;2*1-2/h4-10H,1-3H3;1-2H3;2H,1H3. The van der Waals surface area contributed by atoms with Gasteiger partial charge in [-0.25, -0.2) is 0 Å². The third-order valence-electron chi connectivity index (χ3n) is 2.76. The summed E-state index contributed by atoms with van der Waals surface area (Å²) in [4.78, 5) is 0. The fraction of sp³-hybridized carbons (Fsp3) is 0.333. The monoisotopic (exact) mass is 274 g/mol. The molecular formula is C18H26O2. The minimum Gasteiger partial charge on any atom is -0.457 e. The molecule has 0 spiro atoms. The molecule has 1 N–H and O–H groups in total. The van der Waals surface area contributed by atoms with E-state index in [4.69, 9.17) is 9.84 Å². The van der Waals surface area contributed by atoms with Crippen molar-refractivity contribution in [2.75, 3.05) is 7.11 Å². The molecule has 20 heavy (non-hydrogen) atoms. The van der Waals surface area contributed by atoms with Gasteiger partial charge in [-0.05, 0) is 55.7 Å². The van der Waals surface area contributed by atoms with Crippen LogP contribution in [-0.4, -0.2) is 12.2 Å². The van der Waals surface area contributed by atoms with Crippen molar-refractivity contribution < 1.29 is 9.84 Å². The van der Waals surface area contributed by atoms with E-state index in [1.54, 1.807) is 0 Å². The first kappa shape index (κ1) is 18.2. The van der Waals surface area contributed by atoms with Crippen LogP contribution in [0.3, 0.4) is 0 Å². The van der Waals surface area contributed by atoms with Crippen LogP contribution in [-0.2, 0) is 0 Å². The average molecular weight is 274 g/mol. The summed E-state index contributed by atoms with van der Waals surface area (Å²) in [7, 11) is 1.00. The van der Waals surface area contributed by atoms with Gasteiger partial charge in [0.15, 0.2) is 0 Å². The van der Waals surface area contributed by atoms with Gasteiger partial charge >= 0.3 is 0 Å². The maximum absolute atomic E-state index is 7.00. The summed E-state index contributed by atoms with van der Waals surface area (Å²) in [6.07, 6.45) is 0. The average Bonchev–Trinajstić information content (AvgIpc) is 2.50. The Hall–Kier alpha value is -1.80. The Morgan fingerprint density at radius 1 is 0.750 bits per heavy atom. The first-order valence-electron chi connectivity index (χ1n) is 6.92. The molecule has 0 heterocycles. The van der Waals surface area contributed by atoms with Gasteiger partial charge in [0.1, 0.15) is 11.5 Å². The highest BCUT2D eigenvalue weighted by molar-refractivity contribution is 5.43. The SMILES string of the molecule is CC.CO.Cc1cc(C)c(Oc2ccccc2)cc1C. The van der Waals surface area contributed by atoms with Crippen LogP contribution >= 0.6 is 0 Å². The summed E-state index contributed by atoms with van der Waals surface area (Å²) in [6.45, 7) is 10.3. The van der Waals surface area contributed by atoms with E-state index in [1.807, 2.05) is 44.2 Å². The van der Waals surface area contributed by atoms with Crippen LogP contribution < -0.4 is 4.74 Å². The highest BCUT2D eigenvalue weighted by Gasteiger charge is 2.03. The van der Waals surface area contributed by atoms with E-state index in [0.29, 0.717) is 0 Å². The molecule has 0 bridgehead atoms. The molecule has 0 aliphatic rings. The Morgan fingerprint density at radius 3 is 1.80 bits per heavy atom. The molecule has 0 radical (unpaired) electrons. The summed E-state index contributed by atoms with van der Waals surface area (Å²) >= 11 is 0. The van der Waals surface area contributed by atoms with Gasteiger partial charge in [-0.15, -0.1) is 0 Å². The predicted octanol–water partition coefficient (Wildman–Crippen LogP) is 5.04. The Morgan fingerprint density at radius 2 is 1.25 bits per heavy atom. The first-order valence-corrected chi connectivity index (χ1v) is 6.92. The minimum absolute atomic E-state index is 0.883. The molecule has 2 nitrogen and oxygen atoms in total. The van der Waals surface area contributed by atoms with Gasteiger partial charge in [0.2, 0.25) is 0 Å². The molecule has 0 fully saturated rings. The fourth-order valence-electron chi connectivity index (χ4n) is 1.66. The molecule has 0 unspecified atom stereocenters. The van der Waals surface area contributed by atoms with E-state index in [9.17, 15) is 0 Å². The summed E-state index contributed by atoms with van der Waals surface area (Å²) in [5.74, 6) is 1.82. The maximum atomic E-state index is 7.00. The number of rotatable bonds is 2. The third-order valence-corrected chi connectivity index (χ3v) is 2.76. The molecule has 110 valence electrons. The lowest BCUT2D eigenvalue weighted by atomic mass is 10.1. The van der Waals surface area contributed by atoms with E-state index in [1.165, 1.54) is 16.7 Å². The molecule has 0 amide bonds. The molecule has 0 atom stereocenters. The number of ether oxygens (including phenoxy) is 1. The second kappa shape index (κ2) is 10.0. The number of aliphatic hydroxyl groups is 1. The summed E-state index contributed by atoms with van der Waals surface area (Å²) in [5.41, 5.74) is 3.74. The van der Waals surface area contributed by atoms with E-state index in [0.717, 1.165) is 18.6 Å². The molecule has 0 aliphatic heterocycles. The highest BCUT2D eigenvalue weighted by atomic mass is 16.5. The summed E-state index contributed by atoms with van der Waals surface area (Å²) < 4.78 is 5.84. The third kappa shape index (κ3) is 5.45. The molecule has 2 aromatic rings. The summed E-state index contributed by atoms with van der Waals surface area (Å²) in [6, 6.07) is 14.1. The van der Waals surface area contributed by atoms with Crippen molar-refractivity contribution in [3.8, 4) is 11.5 Å². The van der Waals surface area contributed by atoms with E-state index < -0.39 is 0 Å². The van der Waals surface area contributed by atoms with E-state index in [-0.39, 0.29) is 0 Å². The van der Waals surface area contributed by atoms with Crippen molar-refractivity contribution in [2.45, 2.75) is 34.6 Å². The number of benzene rings is 2. The van der Waals surface area contributed by atoms with Gasteiger partial charge in [-0.1, -0.05) is 38.1 Å². The lowest BCUT2D eigenvalue weighted by Crippen LogP contribution is -1.90. The predicted molar refractivity (Wildman–Crippen MR) is 86.7 cm³/mol. The van der Waals surface area contributed by atoms with Gasteiger partial charge in [-0.3, -0.25) is 0 Å². The zero-order chi connectivity index (χ0) is 15.5. The molecule has 2 aromatic carbocycles. The van der Waals surface area contributed by atoms with Crippen molar-refractivity contribution >= 4 is 0 Å². The Balaban J connectivity index is 0.000000829. The largest absolute Gasteiger partial charge is 0.457 e. The number of aryl methyl sites for hydroxylation is 3. The zero-order valence-corrected chi connectivity index (χ0v) is 13.4. The van der Waals surface area contributed by atoms with Crippen LogP contribution in [0.1, 0.15) is 30.5 Å². The van der Waals surface area contributed by atoms with Crippen molar-refractivity contribution in [2.24, 2.45) is 0 Å². The first-order chi connectivity index (χ1) is 9.66. The molecular weight excluding hydrogens is 248 g/mol. The van der Waals surface area contributed by atoms with Crippen LogP contribution in [0.5, 0.6) is 11.5 Å². The number of hydrogen-bond donors (Lipinski definition) is 1. The lowest BCUT2D eigenvalue weighted by molar-refractivity contribution is 0.399. The van der Waals surface area contributed by atoms with Crippen molar-refractivity contribution in [1.82, 2.24) is 0 Å². The van der Waals surface area contributed by atoms with Crippen LogP contribution in [0.2, 0.25) is 0 Å². The van der Waals surface area contributed by atoms with Crippen LogP contribution in [0.15, 0.2) is 42.5 Å². The van der Waals surface area contributed by atoms with Crippen molar-refractivity contribution in [3.05, 3.63) is 59.2 Å². The maximum Gasteiger partial charge on any atom is 0.130 e. The Bertz CT molecular complexity index is 490. The number of para-hydroxylation sites is 1. The van der Waals surface area contributed by atoms with Gasteiger partial charge < -0.3 is 9.84 Å². The normalized spacial score (nSPS) is 8.75. The number of hydrogen-bond acceptors (Lipinski definition) is 2. The second-order valence-corrected chi connectivity index (χ2v) is 4.12. The van der Waals surface area contributed by atoms with Crippen molar-refractivity contribution in [1.29, 1.82) is 0 Å². The van der Waals surface area contributed by atoms with Gasteiger partial charge in [0.25, 0.3) is 0 Å². The van der Waals surface area contributed by atoms with Crippen LogP contribution in [0.25, 0.3) is 0 Å². The van der Waals surface area contributed by atoms with Gasteiger partial charge in [0.05, 0.1) is 0 Å². The summed E-state index contributed by atoms with van der Waals surface area (Å²) in [5, 5.41) is 7.00. The van der Waals surface area contributed by atoms with Crippen LogP contribution in [0.4, 0.5) is 0 Å². The topological polar surface area (TPSA) is 29.5 Å². The van der Waals surface area contributed by atoms with E-state index >= 15 is 0 Å². The molecule has 2 rings (SSSR count). The molecule has 2 heteroatoms. The number of aliphatic hydroxyl groups excluding tert-OH is 1. The Labute approximate surface area is 123 Å². The molecule has 0 saturated carbocycles.